The average Bonchev–Trinajstić information content (AvgIpc) is 2.87. The van der Waals surface area contributed by atoms with E-state index in [4.69, 9.17) is 17.3 Å². The van der Waals surface area contributed by atoms with Gasteiger partial charge in [0.05, 0.1) is 17.1 Å². The monoisotopic (exact) mass is 395 g/mol. The molecule has 23 heavy (non-hydrogen) atoms. The summed E-state index contributed by atoms with van der Waals surface area (Å²) in [6.07, 6.45) is 1.05. The van der Waals surface area contributed by atoms with E-state index < -0.39 is 0 Å². The lowest BCUT2D eigenvalue weighted by Crippen LogP contribution is -2.30. The van der Waals surface area contributed by atoms with Gasteiger partial charge in [-0.1, -0.05) is 29.8 Å². The third-order valence-electron chi connectivity index (χ3n) is 2.92. The molecule has 0 radical (unpaired) electrons. The van der Waals surface area contributed by atoms with Gasteiger partial charge in [0.2, 0.25) is 5.91 Å². The second-order valence-electron chi connectivity index (χ2n) is 4.92. The van der Waals surface area contributed by atoms with E-state index in [9.17, 15) is 4.79 Å². The molecule has 1 atom stereocenters. The van der Waals surface area contributed by atoms with Crippen molar-refractivity contribution in [2.45, 2.75) is 25.8 Å². The van der Waals surface area contributed by atoms with Gasteiger partial charge in [-0.05, 0) is 19.4 Å². The SMILES string of the molecule is CC(N)CCNC(=O)Cc1csc(-c2ccccc2Cl)n1.Cl.Cl. The van der Waals surface area contributed by atoms with Crippen LogP contribution in [0.5, 0.6) is 0 Å². The largest absolute Gasteiger partial charge is 0.356 e. The Bertz CT molecular complexity index is 620. The molecule has 1 unspecified atom stereocenters. The van der Waals surface area contributed by atoms with Crippen molar-refractivity contribution in [3.05, 3.63) is 40.4 Å². The van der Waals surface area contributed by atoms with E-state index in [2.05, 4.69) is 10.3 Å². The number of nitrogens with two attached hydrogens (primary N) is 1. The molecular weight excluding hydrogens is 377 g/mol. The fourth-order valence-electron chi connectivity index (χ4n) is 1.81. The topological polar surface area (TPSA) is 68.0 Å². The number of hydrogen-bond donors (Lipinski definition) is 2. The van der Waals surface area contributed by atoms with Gasteiger partial charge in [-0.15, -0.1) is 36.2 Å². The van der Waals surface area contributed by atoms with E-state index in [1.807, 2.05) is 36.6 Å². The number of benzene rings is 1. The van der Waals surface area contributed by atoms with Crippen LogP contribution < -0.4 is 11.1 Å². The van der Waals surface area contributed by atoms with Gasteiger partial charge >= 0.3 is 0 Å². The smallest absolute Gasteiger partial charge is 0.226 e. The second-order valence-corrected chi connectivity index (χ2v) is 6.18. The lowest BCUT2D eigenvalue weighted by Gasteiger charge is -2.06. The highest BCUT2D eigenvalue weighted by molar-refractivity contribution is 7.13. The van der Waals surface area contributed by atoms with Crippen molar-refractivity contribution < 1.29 is 4.79 Å². The number of amides is 1. The van der Waals surface area contributed by atoms with E-state index in [1.54, 1.807) is 0 Å². The van der Waals surface area contributed by atoms with Crippen molar-refractivity contribution in [2.24, 2.45) is 5.73 Å². The Hall–Kier alpha value is -0.850. The van der Waals surface area contributed by atoms with Gasteiger partial charge in [0.15, 0.2) is 0 Å². The highest BCUT2D eigenvalue weighted by atomic mass is 35.5. The van der Waals surface area contributed by atoms with Crippen molar-refractivity contribution >= 4 is 53.7 Å². The molecule has 2 aromatic rings. The quantitative estimate of drug-likeness (QED) is 0.782. The van der Waals surface area contributed by atoms with Gasteiger partial charge in [0.25, 0.3) is 0 Å². The molecule has 1 aromatic heterocycles. The molecule has 3 N–H and O–H groups in total. The van der Waals surface area contributed by atoms with Crippen LogP contribution in [-0.4, -0.2) is 23.5 Å². The Morgan fingerprint density at radius 1 is 1.39 bits per heavy atom. The minimum absolute atomic E-state index is 0. The minimum Gasteiger partial charge on any atom is -0.356 e. The number of carbonyl (C=O) groups is 1. The van der Waals surface area contributed by atoms with Crippen LogP contribution in [0.3, 0.4) is 0 Å². The first kappa shape index (κ1) is 22.2. The Morgan fingerprint density at radius 2 is 2.09 bits per heavy atom. The predicted octanol–water partition coefficient (Wildman–Crippen LogP) is 3.70. The van der Waals surface area contributed by atoms with Crippen LogP contribution >= 0.6 is 47.8 Å². The van der Waals surface area contributed by atoms with Gasteiger partial charge < -0.3 is 11.1 Å². The molecular formula is C15H20Cl3N3OS. The van der Waals surface area contributed by atoms with E-state index in [0.717, 1.165) is 22.7 Å². The highest BCUT2D eigenvalue weighted by Crippen LogP contribution is 2.30. The normalized spacial score (nSPS) is 11.1. The van der Waals surface area contributed by atoms with Crippen LogP contribution in [0.15, 0.2) is 29.6 Å². The summed E-state index contributed by atoms with van der Waals surface area (Å²) in [6, 6.07) is 7.65. The number of carbonyl (C=O) groups excluding carboxylic acids is 1. The van der Waals surface area contributed by atoms with Crippen molar-refractivity contribution in [3.63, 3.8) is 0 Å². The third kappa shape index (κ3) is 7.06. The molecule has 2 rings (SSSR count). The maximum atomic E-state index is 11.8. The summed E-state index contributed by atoms with van der Waals surface area (Å²) >= 11 is 7.64. The van der Waals surface area contributed by atoms with E-state index in [1.165, 1.54) is 11.3 Å². The molecule has 0 saturated carbocycles. The summed E-state index contributed by atoms with van der Waals surface area (Å²) in [7, 11) is 0. The predicted molar refractivity (Wildman–Crippen MR) is 102 cm³/mol. The van der Waals surface area contributed by atoms with Crippen molar-refractivity contribution in [3.8, 4) is 10.6 Å². The second kappa shape index (κ2) is 10.8. The molecule has 1 aromatic carbocycles. The number of nitrogens with one attached hydrogen (secondary N) is 1. The van der Waals surface area contributed by atoms with E-state index >= 15 is 0 Å². The van der Waals surface area contributed by atoms with Crippen LogP contribution in [0.1, 0.15) is 19.0 Å². The van der Waals surface area contributed by atoms with Crippen molar-refractivity contribution in [1.82, 2.24) is 10.3 Å². The number of hydrogen-bond acceptors (Lipinski definition) is 4. The number of aromatic nitrogens is 1. The number of rotatable bonds is 6. The number of nitrogens with zero attached hydrogens (tertiary/aromatic N) is 1. The molecule has 0 aliphatic rings. The molecule has 128 valence electrons. The maximum Gasteiger partial charge on any atom is 0.226 e. The fourth-order valence-corrected chi connectivity index (χ4v) is 2.95. The van der Waals surface area contributed by atoms with Gasteiger partial charge in [-0.2, -0.15) is 0 Å². The first-order chi connectivity index (χ1) is 10.1. The standard InChI is InChI=1S/C15H18ClN3OS.2ClH/c1-10(17)6-7-18-14(20)8-11-9-21-15(19-11)12-4-2-3-5-13(12)16;;/h2-5,9-10H,6-8,17H2,1H3,(H,18,20);2*1H. The Morgan fingerprint density at radius 3 is 2.74 bits per heavy atom. The Balaban J connectivity index is 0.00000242. The summed E-state index contributed by atoms with van der Waals surface area (Å²) in [5, 5.41) is 6.23. The Labute approximate surface area is 157 Å². The molecule has 0 aliphatic carbocycles. The van der Waals surface area contributed by atoms with Crippen LogP contribution in [-0.2, 0) is 11.2 Å². The molecule has 1 amide bonds. The molecule has 0 saturated heterocycles. The summed E-state index contributed by atoms with van der Waals surface area (Å²) < 4.78 is 0. The van der Waals surface area contributed by atoms with Crippen LogP contribution in [0, 0.1) is 0 Å². The zero-order valence-corrected chi connectivity index (χ0v) is 15.8. The zero-order valence-electron chi connectivity index (χ0n) is 12.6. The summed E-state index contributed by atoms with van der Waals surface area (Å²) in [5.41, 5.74) is 7.29. The number of thiazole rings is 1. The lowest BCUT2D eigenvalue weighted by atomic mass is 10.2. The summed E-state index contributed by atoms with van der Waals surface area (Å²) in [6.45, 7) is 2.51. The average molecular weight is 397 g/mol. The molecule has 8 heteroatoms. The molecule has 0 spiro atoms. The summed E-state index contributed by atoms with van der Waals surface area (Å²) in [4.78, 5) is 16.3. The fraction of sp³-hybridized carbons (Fsp3) is 0.333. The van der Waals surface area contributed by atoms with Crippen LogP contribution in [0.2, 0.25) is 5.02 Å². The first-order valence-electron chi connectivity index (χ1n) is 6.78. The van der Waals surface area contributed by atoms with Crippen molar-refractivity contribution in [2.75, 3.05) is 6.54 Å². The van der Waals surface area contributed by atoms with Crippen LogP contribution in [0.25, 0.3) is 10.6 Å². The molecule has 0 bridgehead atoms. The number of halogens is 3. The molecule has 1 heterocycles. The highest BCUT2D eigenvalue weighted by Gasteiger charge is 2.10. The van der Waals surface area contributed by atoms with E-state index in [0.29, 0.717) is 11.6 Å². The van der Waals surface area contributed by atoms with Gasteiger partial charge in [-0.3, -0.25) is 4.79 Å². The van der Waals surface area contributed by atoms with Crippen LogP contribution in [0.4, 0.5) is 0 Å². The third-order valence-corrected chi connectivity index (χ3v) is 4.17. The van der Waals surface area contributed by atoms with Gasteiger partial charge in [-0.25, -0.2) is 4.98 Å². The molecule has 0 aliphatic heterocycles. The molecule has 4 nitrogen and oxygen atoms in total. The zero-order chi connectivity index (χ0) is 15.2. The summed E-state index contributed by atoms with van der Waals surface area (Å²) in [5.74, 6) is -0.0355. The first-order valence-corrected chi connectivity index (χ1v) is 8.03. The van der Waals surface area contributed by atoms with Gasteiger partial charge in [0, 0.05) is 23.5 Å². The lowest BCUT2D eigenvalue weighted by molar-refractivity contribution is -0.120. The molecule has 0 fully saturated rings. The van der Waals surface area contributed by atoms with Gasteiger partial charge in [0.1, 0.15) is 5.01 Å². The Kier molecular flexibility index (Phi) is 10.4. The maximum absolute atomic E-state index is 11.8. The van der Waals surface area contributed by atoms with Crippen molar-refractivity contribution in [1.29, 1.82) is 0 Å². The minimum atomic E-state index is -0.0355. The van der Waals surface area contributed by atoms with E-state index in [-0.39, 0.29) is 43.2 Å².